The molecule has 0 spiro atoms. The standard InChI is InChI=1S/C20H22N2O3S/c1-24-19(23)12-7-13-22-18-11-6-5-10-17(18)21-20(22)26-15-14-25-16-8-3-2-4-9-16/h2-6,8-11H,7,12-15H2,1H3. The molecule has 0 saturated carbocycles. The SMILES string of the molecule is COC(=O)CCCn1c(SCCOc2ccccc2)nc2ccccc21. The van der Waals surface area contributed by atoms with E-state index in [2.05, 4.69) is 10.6 Å². The number of ether oxygens (including phenoxy) is 2. The Balaban J connectivity index is 1.62. The second-order valence-corrected chi connectivity index (χ2v) is 6.79. The number of carbonyl (C=O) groups excluding carboxylic acids is 1. The average molecular weight is 370 g/mol. The number of hydrogen-bond donors (Lipinski definition) is 0. The lowest BCUT2D eigenvalue weighted by atomic mass is 10.3. The highest BCUT2D eigenvalue weighted by Crippen LogP contribution is 2.25. The van der Waals surface area contributed by atoms with Gasteiger partial charge in [-0.25, -0.2) is 4.98 Å². The van der Waals surface area contributed by atoms with E-state index in [0.29, 0.717) is 13.0 Å². The maximum Gasteiger partial charge on any atom is 0.305 e. The molecule has 26 heavy (non-hydrogen) atoms. The van der Waals surface area contributed by atoms with Crippen molar-refractivity contribution in [1.82, 2.24) is 9.55 Å². The van der Waals surface area contributed by atoms with Gasteiger partial charge in [0.2, 0.25) is 0 Å². The lowest BCUT2D eigenvalue weighted by molar-refractivity contribution is -0.140. The van der Waals surface area contributed by atoms with Gasteiger partial charge in [0.1, 0.15) is 5.75 Å². The second kappa shape index (κ2) is 9.29. The summed E-state index contributed by atoms with van der Waals surface area (Å²) < 4.78 is 12.6. The normalized spacial score (nSPS) is 10.8. The van der Waals surface area contributed by atoms with Crippen LogP contribution in [0.5, 0.6) is 5.75 Å². The number of methoxy groups -OCH3 is 1. The molecule has 3 rings (SSSR count). The lowest BCUT2D eigenvalue weighted by Gasteiger charge is -2.09. The molecule has 136 valence electrons. The van der Waals surface area contributed by atoms with Gasteiger partial charge in [-0.2, -0.15) is 0 Å². The third-order valence-electron chi connectivity index (χ3n) is 3.94. The summed E-state index contributed by atoms with van der Waals surface area (Å²) in [5, 5.41) is 0.952. The van der Waals surface area contributed by atoms with Crippen molar-refractivity contribution in [3.05, 3.63) is 54.6 Å². The Labute approximate surface area is 157 Å². The van der Waals surface area contributed by atoms with Crippen LogP contribution in [0.3, 0.4) is 0 Å². The second-order valence-electron chi connectivity index (χ2n) is 5.72. The van der Waals surface area contributed by atoms with Crippen LogP contribution < -0.4 is 4.74 Å². The molecule has 0 amide bonds. The van der Waals surface area contributed by atoms with Crippen LogP contribution in [0.1, 0.15) is 12.8 Å². The molecule has 0 aliphatic rings. The van der Waals surface area contributed by atoms with Gasteiger partial charge < -0.3 is 14.0 Å². The van der Waals surface area contributed by atoms with Crippen molar-refractivity contribution in [1.29, 1.82) is 0 Å². The van der Waals surface area contributed by atoms with E-state index < -0.39 is 0 Å². The number of hydrogen-bond acceptors (Lipinski definition) is 5. The number of nitrogens with zero attached hydrogens (tertiary/aromatic N) is 2. The van der Waals surface area contributed by atoms with Crippen molar-refractivity contribution in [2.45, 2.75) is 24.5 Å². The molecule has 6 heteroatoms. The summed E-state index contributed by atoms with van der Waals surface area (Å²) in [4.78, 5) is 16.1. The van der Waals surface area contributed by atoms with Crippen molar-refractivity contribution in [2.24, 2.45) is 0 Å². The zero-order chi connectivity index (χ0) is 18.2. The Morgan fingerprint density at radius 3 is 2.69 bits per heavy atom. The maximum atomic E-state index is 11.4. The van der Waals surface area contributed by atoms with E-state index >= 15 is 0 Å². The summed E-state index contributed by atoms with van der Waals surface area (Å²) in [5.74, 6) is 1.49. The van der Waals surface area contributed by atoms with Gasteiger partial charge in [0.25, 0.3) is 0 Å². The van der Waals surface area contributed by atoms with Crippen LogP contribution in [0.15, 0.2) is 59.8 Å². The van der Waals surface area contributed by atoms with Crippen molar-refractivity contribution in [3.63, 3.8) is 0 Å². The van der Waals surface area contributed by atoms with E-state index in [1.54, 1.807) is 11.8 Å². The highest BCUT2D eigenvalue weighted by Gasteiger charge is 2.11. The Bertz CT molecular complexity index is 849. The van der Waals surface area contributed by atoms with Crippen LogP contribution in [0, 0.1) is 0 Å². The third kappa shape index (κ3) is 4.79. The van der Waals surface area contributed by atoms with Crippen molar-refractivity contribution < 1.29 is 14.3 Å². The number of aromatic nitrogens is 2. The van der Waals surface area contributed by atoms with Crippen LogP contribution in [0.4, 0.5) is 0 Å². The van der Waals surface area contributed by atoms with Crippen LogP contribution in [-0.4, -0.2) is 35.0 Å². The molecule has 0 saturated heterocycles. The van der Waals surface area contributed by atoms with Gasteiger partial charge in [-0.05, 0) is 30.7 Å². The molecular formula is C20H22N2O3S. The summed E-state index contributed by atoms with van der Waals surface area (Å²) in [6, 6.07) is 17.9. The number of thioether (sulfide) groups is 1. The van der Waals surface area contributed by atoms with Crippen LogP contribution in [0.2, 0.25) is 0 Å². The molecule has 0 fully saturated rings. The van der Waals surface area contributed by atoms with Gasteiger partial charge in [0.05, 0.1) is 24.8 Å². The molecule has 0 unspecified atom stereocenters. The molecule has 0 bridgehead atoms. The Kier molecular flexibility index (Phi) is 6.55. The average Bonchev–Trinajstić information content (AvgIpc) is 3.03. The maximum absolute atomic E-state index is 11.4. The zero-order valence-electron chi connectivity index (χ0n) is 14.8. The summed E-state index contributed by atoms with van der Waals surface area (Å²) in [7, 11) is 1.42. The summed E-state index contributed by atoms with van der Waals surface area (Å²) >= 11 is 1.67. The Morgan fingerprint density at radius 2 is 1.88 bits per heavy atom. The molecule has 0 radical (unpaired) electrons. The molecule has 0 N–H and O–H groups in total. The van der Waals surface area contributed by atoms with Gasteiger partial charge >= 0.3 is 5.97 Å². The quantitative estimate of drug-likeness (QED) is 0.322. The fourth-order valence-corrected chi connectivity index (χ4v) is 3.53. The van der Waals surface area contributed by atoms with Gasteiger partial charge in [-0.1, -0.05) is 42.1 Å². The summed E-state index contributed by atoms with van der Waals surface area (Å²) in [6.07, 6.45) is 1.13. The molecule has 0 atom stereocenters. The molecule has 0 aliphatic heterocycles. The first-order valence-corrected chi connectivity index (χ1v) is 9.59. The monoisotopic (exact) mass is 370 g/mol. The van der Waals surface area contributed by atoms with Crippen LogP contribution in [0.25, 0.3) is 11.0 Å². The molecule has 3 aromatic rings. The van der Waals surface area contributed by atoms with Gasteiger partial charge in [-0.3, -0.25) is 4.79 Å². The molecule has 1 heterocycles. The number of carbonyl (C=O) groups is 1. The molecular weight excluding hydrogens is 348 g/mol. The fraction of sp³-hybridized carbons (Fsp3) is 0.300. The first kappa shape index (κ1) is 18.3. The van der Waals surface area contributed by atoms with Gasteiger partial charge in [-0.15, -0.1) is 0 Å². The minimum atomic E-state index is -0.181. The first-order valence-electron chi connectivity index (χ1n) is 8.60. The zero-order valence-corrected chi connectivity index (χ0v) is 15.6. The van der Waals surface area contributed by atoms with E-state index in [9.17, 15) is 4.79 Å². The van der Waals surface area contributed by atoms with E-state index in [4.69, 9.17) is 14.5 Å². The van der Waals surface area contributed by atoms with Crippen LogP contribution >= 0.6 is 11.8 Å². The largest absolute Gasteiger partial charge is 0.493 e. The third-order valence-corrected chi connectivity index (χ3v) is 4.88. The molecule has 1 aromatic heterocycles. The highest BCUT2D eigenvalue weighted by atomic mass is 32.2. The number of aryl methyl sites for hydroxylation is 1. The van der Waals surface area contributed by atoms with E-state index in [1.165, 1.54) is 7.11 Å². The number of imidazole rings is 1. The smallest absolute Gasteiger partial charge is 0.305 e. The first-order chi connectivity index (χ1) is 12.8. The molecule has 5 nitrogen and oxygen atoms in total. The van der Waals surface area contributed by atoms with Crippen molar-refractivity contribution >= 4 is 28.8 Å². The topological polar surface area (TPSA) is 53.4 Å². The number of fused-ring (bicyclic) bond motifs is 1. The van der Waals surface area contributed by atoms with Crippen molar-refractivity contribution in [2.75, 3.05) is 19.5 Å². The number of benzene rings is 2. The minimum Gasteiger partial charge on any atom is -0.493 e. The summed E-state index contributed by atoms with van der Waals surface area (Å²) in [5.41, 5.74) is 2.06. The predicted octanol–water partition coefficient (Wildman–Crippen LogP) is 4.16. The van der Waals surface area contributed by atoms with E-state index in [-0.39, 0.29) is 5.97 Å². The number of para-hydroxylation sites is 3. The van der Waals surface area contributed by atoms with Gasteiger partial charge in [0.15, 0.2) is 5.16 Å². The molecule has 0 aliphatic carbocycles. The predicted molar refractivity (Wildman–Crippen MR) is 104 cm³/mol. The fourth-order valence-electron chi connectivity index (χ4n) is 2.67. The molecule has 2 aromatic carbocycles. The summed E-state index contributed by atoms with van der Waals surface area (Å²) in [6.45, 7) is 1.34. The minimum absolute atomic E-state index is 0.181. The number of esters is 1. The lowest BCUT2D eigenvalue weighted by Crippen LogP contribution is -2.06. The van der Waals surface area contributed by atoms with E-state index in [0.717, 1.165) is 40.7 Å². The van der Waals surface area contributed by atoms with Gasteiger partial charge in [0, 0.05) is 18.7 Å². The number of rotatable bonds is 9. The Hall–Kier alpha value is -2.47. The Morgan fingerprint density at radius 1 is 1.12 bits per heavy atom. The van der Waals surface area contributed by atoms with Crippen LogP contribution in [-0.2, 0) is 16.1 Å². The van der Waals surface area contributed by atoms with Crippen molar-refractivity contribution in [3.8, 4) is 5.75 Å². The highest BCUT2D eigenvalue weighted by molar-refractivity contribution is 7.99. The van der Waals surface area contributed by atoms with E-state index in [1.807, 2.05) is 48.5 Å².